The highest BCUT2D eigenvalue weighted by Gasteiger charge is 2.12. The highest BCUT2D eigenvalue weighted by molar-refractivity contribution is 7.09. The molecule has 106 valence electrons. The molecule has 0 aliphatic rings. The van der Waals surface area contributed by atoms with E-state index in [2.05, 4.69) is 24.0 Å². The molecule has 1 amide bonds. The van der Waals surface area contributed by atoms with Crippen LogP contribution in [-0.4, -0.2) is 22.8 Å². The lowest BCUT2D eigenvalue weighted by Crippen LogP contribution is -2.27. The first-order chi connectivity index (χ1) is 9.58. The van der Waals surface area contributed by atoms with Gasteiger partial charge < -0.3 is 4.90 Å². The number of rotatable bonds is 5. The van der Waals surface area contributed by atoms with Gasteiger partial charge in [0.25, 0.3) is 0 Å². The molecule has 2 rings (SSSR count). The van der Waals surface area contributed by atoms with Crippen molar-refractivity contribution in [2.45, 2.75) is 25.8 Å². The monoisotopic (exact) mass is 308 g/mol. The zero-order chi connectivity index (χ0) is 14.5. The molecule has 0 spiro atoms. The van der Waals surface area contributed by atoms with Gasteiger partial charge in [0.2, 0.25) is 5.91 Å². The molecular weight excluding hydrogens is 292 g/mol. The minimum absolute atomic E-state index is 0.0713. The number of hydrogen-bond donors (Lipinski definition) is 0. The van der Waals surface area contributed by atoms with E-state index in [-0.39, 0.29) is 5.91 Å². The van der Waals surface area contributed by atoms with E-state index in [1.54, 1.807) is 4.90 Å². The molecule has 0 N–H and O–H groups in total. The van der Waals surface area contributed by atoms with Gasteiger partial charge in [0.1, 0.15) is 5.01 Å². The van der Waals surface area contributed by atoms with E-state index in [0.29, 0.717) is 18.8 Å². The number of halogens is 1. The zero-order valence-corrected chi connectivity index (χ0v) is 13.2. The Kier molecular flexibility index (Phi) is 5.15. The van der Waals surface area contributed by atoms with Crippen molar-refractivity contribution in [1.82, 2.24) is 9.88 Å². The molecular formula is C15H17ClN2OS. The average molecular weight is 309 g/mol. The molecule has 20 heavy (non-hydrogen) atoms. The molecule has 2 aromatic rings. The van der Waals surface area contributed by atoms with Gasteiger partial charge in [-0.3, -0.25) is 4.79 Å². The van der Waals surface area contributed by atoms with E-state index >= 15 is 0 Å². The van der Waals surface area contributed by atoms with Crippen molar-refractivity contribution in [3.63, 3.8) is 0 Å². The maximum absolute atomic E-state index is 12.2. The number of likely N-dealkylation sites (N-methyl/N-ethyl adjacent to an activating group) is 1. The van der Waals surface area contributed by atoms with E-state index in [9.17, 15) is 4.79 Å². The van der Waals surface area contributed by atoms with E-state index in [4.69, 9.17) is 11.6 Å². The zero-order valence-electron chi connectivity index (χ0n) is 11.6. The van der Waals surface area contributed by atoms with Gasteiger partial charge in [0.15, 0.2) is 0 Å². The van der Waals surface area contributed by atoms with E-state index < -0.39 is 0 Å². The summed E-state index contributed by atoms with van der Waals surface area (Å²) in [6.07, 6.45) is 0.337. The second kappa shape index (κ2) is 6.86. The van der Waals surface area contributed by atoms with Crippen LogP contribution in [0.1, 0.15) is 21.8 Å². The SMILES string of the molecule is Cc1cccc(CN(C)C(=O)Cc2nc(CCl)cs2)c1. The molecule has 0 aliphatic carbocycles. The fraction of sp³-hybridized carbons (Fsp3) is 0.333. The van der Waals surface area contributed by atoms with Gasteiger partial charge in [-0.25, -0.2) is 4.98 Å². The Morgan fingerprint density at radius 3 is 2.90 bits per heavy atom. The highest BCUT2D eigenvalue weighted by Crippen LogP contribution is 2.14. The Hall–Kier alpha value is -1.39. The molecule has 0 atom stereocenters. The third-order valence-electron chi connectivity index (χ3n) is 2.97. The topological polar surface area (TPSA) is 33.2 Å². The van der Waals surface area contributed by atoms with Gasteiger partial charge in [0, 0.05) is 19.0 Å². The maximum atomic E-state index is 12.2. The molecule has 0 aliphatic heterocycles. The summed E-state index contributed by atoms with van der Waals surface area (Å²) >= 11 is 7.20. The van der Waals surface area contributed by atoms with Crippen molar-refractivity contribution < 1.29 is 4.79 Å². The van der Waals surface area contributed by atoms with Crippen LogP contribution in [0.5, 0.6) is 0 Å². The summed E-state index contributed by atoms with van der Waals surface area (Å²) in [4.78, 5) is 18.2. The molecule has 0 unspecified atom stereocenters. The second-order valence-corrected chi connectivity index (χ2v) is 5.99. The summed E-state index contributed by atoms with van der Waals surface area (Å²) < 4.78 is 0. The predicted molar refractivity (Wildman–Crippen MR) is 83.0 cm³/mol. The van der Waals surface area contributed by atoms with Crippen LogP contribution in [0, 0.1) is 6.92 Å². The van der Waals surface area contributed by atoms with Crippen LogP contribution in [0.3, 0.4) is 0 Å². The van der Waals surface area contributed by atoms with Crippen LogP contribution < -0.4 is 0 Å². The molecule has 1 heterocycles. The van der Waals surface area contributed by atoms with Crippen LogP contribution in [0.4, 0.5) is 0 Å². The smallest absolute Gasteiger partial charge is 0.229 e. The third kappa shape index (κ3) is 4.05. The lowest BCUT2D eigenvalue weighted by molar-refractivity contribution is -0.129. The van der Waals surface area contributed by atoms with Crippen LogP contribution in [0.2, 0.25) is 0 Å². The average Bonchev–Trinajstić information content (AvgIpc) is 2.86. The molecule has 3 nitrogen and oxygen atoms in total. The Morgan fingerprint density at radius 1 is 1.45 bits per heavy atom. The normalized spacial score (nSPS) is 10.6. The first-order valence-corrected chi connectivity index (χ1v) is 7.78. The fourth-order valence-corrected chi connectivity index (χ4v) is 2.94. The number of aryl methyl sites for hydroxylation is 1. The van der Waals surface area contributed by atoms with Crippen molar-refractivity contribution >= 4 is 28.8 Å². The number of alkyl halides is 1. The van der Waals surface area contributed by atoms with Crippen LogP contribution in [0.15, 0.2) is 29.6 Å². The van der Waals surface area contributed by atoms with Crippen molar-refractivity contribution in [3.05, 3.63) is 51.5 Å². The lowest BCUT2D eigenvalue weighted by Gasteiger charge is -2.17. The van der Waals surface area contributed by atoms with Crippen molar-refractivity contribution in [2.75, 3.05) is 7.05 Å². The van der Waals surface area contributed by atoms with Gasteiger partial charge in [0.05, 0.1) is 18.0 Å². The first kappa shape index (κ1) is 15.0. The molecule has 5 heteroatoms. The summed E-state index contributed by atoms with van der Waals surface area (Å²) in [5.74, 6) is 0.464. The molecule has 1 aromatic heterocycles. The summed E-state index contributed by atoms with van der Waals surface area (Å²) in [7, 11) is 1.82. The number of hydrogen-bond acceptors (Lipinski definition) is 3. The fourth-order valence-electron chi connectivity index (χ4n) is 1.93. The second-order valence-electron chi connectivity index (χ2n) is 4.78. The number of benzene rings is 1. The quantitative estimate of drug-likeness (QED) is 0.793. The van der Waals surface area contributed by atoms with Gasteiger partial charge in [-0.05, 0) is 12.5 Å². The number of aromatic nitrogens is 1. The van der Waals surface area contributed by atoms with Crippen LogP contribution >= 0.6 is 22.9 Å². The van der Waals surface area contributed by atoms with E-state index in [0.717, 1.165) is 16.3 Å². The summed E-state index contributed by atoms with van der Waals surface area (Å²) in [5, 5.41) is 2.72. The van der Waals surface area contributed by atoms with Crippen molar-refractivity contribution in [3.8, 4) is 0 Å². The Balaban J connectivity index is 1.95. The van der Waals surface area contributed by atoms with Gasteiger partial charge in [-0.2, -0.15) is 0 Å². The number of carbonyl (C=O) groups excluding carboxylic acids is 1. The van der Waals surface area contributed by atoms with Gasteiger partial charge >= 0.3 is 0 Å². The van der Waals surface area contributed by atoms with Gasteiger partial charge in [-0.15, -0.1) is 22.9 Å². The largest absolute Gasteiger partial charge is 0.341 e. The lowest BCUT2D eigenvalue weighted by atomic mass is 10.1. The Morgan fingerprint density at radius 2 is 2.25 bits per heavy atom. The Bertz CT molecular complexity index is 597. The summed E-state index contributed by atoms with van der Waals surface area (Å²) in [6, 6.07) is 8.19. The van der Waals surface area contributed by atoms with E-state index in [1.165, 1.54) is 16.9 Å². The molecule has 0 saturated carbocycles. The first-order valence-electron chi connectivity index (χ1n) is 6.37. The predicted octanol–water partition coefficient (Wildman–Crippen LogP) is 3.39. The Labute approximate surface area is 128 Å². The van der Waals surface area contributed by atoms with Crippen LogP contribution in [-0.2, 0) is 23.6 Å². The summed E-state index contributed by atoms with van der Waals surface area (Å²) in [6.45, 7) is 2.67. The number of amides is 1. The molecule has 0 radical (unpaired) electrons. The summed E-state index contributed by atoms with van der Waals surface area (Å²) in [5.41, 5.74) is 3.18. The van der Waals surface area contributed by atoms with Crippen molar-refractivity contribution in [2.24, 2.45) is 0 Å². The van der Waals surface area contributed by atoms with Crippen molar-refractivity contribution in [1.29, 1.82) is 0 Å². The third-order valence-corrected chi connectivity index (χ3v) is 4.14. The van der Waals surface area contributed by atoms with Crippen LogP contribution in [0.25, 0.3) is 0 Å². The molecule has 0 bridgehead atoms. The molecule has 1 aromatic carbocycles. The number of thiazole rings is 1. The maximum Gasteiger partial charge on any atom is 0.229 e. The van der Waals surface area contributed by atoms with E-state index in [1.807, 2.05) is 24.6 Å². The standard InChI is InChI=1S/C15H17ClN2OS/c1-11-4-3-5-12(6-11)9-18(2)15(19)7-14-17-13(8-16)10-20-14/h3-6,10H,7-9H2,1-2H3. The highest BCUT2D eigenvalue weighted by atomic mass is 35.5. The molecule has 0 fully saturated rings. The van der Waals surface area contributed by atoms with Gasteiger partial charge in [-0.1, -0.05) is 29.8 Å². The molecule has 0 saturated heterocycles. The minimum Gasteiger partial charge on any atom is -0.341 e. The number of carbonyl (C=O) groups is 1. The minimum atomic E-state index is 0.0713. The number of nitrogens with zero attached hydrogens (tertiary/aromatic N) is 2.